The Morgan fingerprint density at radius 1 is 1.55 bits per heavy atom. The molecule has 5 heteroatoms. The first-order chi connectivity index (χ1) is 10.6. The molecule has 1 saturated heterocycles. The molecule has 0 spiro atoms. The van der Waals surface area contributed by atoms with Gasteiger partial charge in [-0.3, -0.25) is 0 Å². The largest absolute Gasteiger partial charge is 0.337 e. The molecular formula is C17H19ClN2S2. The second kappa shape index (κ2) is 8.01. The van der Waals surface area contributed by atoms with Gasteiger partial charge in [0.25, 0.3) is 0 Å². The van der Waals surface area contributed by atoms with Gasteiger partial charge in [0.05, 0.1) is 10.7 Å². The van der Waals surface area contributed by atoms with Gasteiger partial charge in [0, 0.05) is 22.2 Å². The molecule has 0 aromatic heterocycles. The van der Waals surface area contributed by atoms with Gasteiger partial charge in [-0.15, -0.1) is 23.5 Å². The molecule has 3 unspecified atom stereocenters. The average Bonchev–Trinajstić information content (AvgIpc) is 2.96. The Kier molecular flexibility index (Phi) is 6.31. The summed E-state index contributed by atoms with van der Waals surface area (Å²) in [5.74, 6) is 0.969. The molecule has 0 saturated carbocycles. The zero-order valence-corrected chi connectivity index (χ0v) is 15.1. The molecule has 1 aromatic carbocycles. The molecule has 0 aliphatic carbocycles. The van der Waals surface area contributed by atoms with Crippen molar-refractivity contribution in [3.05, 3.63) is 59.4 Å². The molecule has 0 amide bonds. The Labute approximate surface area is 146 Å². The number of hydrogen-bond donors (Lipinski definition) is 0. The van der Waals surface area contributed by atoms with E-state index in [-0.39, 0.29) is 10.6 Å². The van der Waals surface area contributed by atoms with Crippen molar-refractivity contribution in [1.29, 1.82) is 5.26 Å². The summed E-state index contributed by atoms with van der Waals surface area (Å²) < 4.78 is 0.182. The maximum atomic E-state index is 9.54. The number of nitrogens with zero attached hydrogens (tertiary/aromatic N) is 2. The fourth-order valence-corrected chi connectivity index (χ4v) is 6.24. The second-order valence-corrected chi connectivity index (χ2v) is 8.27. The molecule has 3 atom stereocenters. The number of halogens is 1. The topological polar surface area (TPSA) is 27.0 Å². The quantitative estimate of drug-likeness (QED) is 0.713. The molecular weight excluding hydrogens is 332 g/mol. The standard InChI is InChI=1S/C17H19ClN2S2/c1-4-8-20(5-2)15(10-19)17-21-11-16(22-17)13-7-6-12(3)9-14(13)18/h4-9,15-17H,2,11H2,1,3H3/b8-4-. The molecule has 1 aromatic rings. The van der Waals surface area contributed by atoms with Crippen LogP contribution in [0.2, 0.25) is 5.02 Å². The number of aryl methyl sites for hydroxylation is 1. The van der Waals surface area contributed by atoms with Crippen LogP contribution < -0.4 is 0 Å². The van der Waals surface area contributed by atoms with Gasteiger partial charge in [0.1, 0.15) is 6.04 Å². The first kappa shape index (κ1) is 17.3. The highest BCUT2D eigenvalue weighted by molar-refractivity contribution is 8.20. The Balaban J connectivity index is 2.14. The Morgan fingerprint density at radius 2 is 2.32 bits per heavy atom. The van der Waals surface area contributed by atoms with Crippen LogP contribution in [0.4, 0.5) is 0 Å². The van der Waals surface area contributed by atoms with Crippen LogP contribution in [0.5, 0.6) is 0 Å². The van der Waals surface area contributed by atoms with E-state index < -0.39 is 0 Å². The second-order valence-electron chi connectivity index (χ2n) is 5.04. The summed E-state index contributed by atoms with van der Waals surface area (Å²) in [7, 11) is 0. The van der Waals surface area contributed by atoms with E-state index >= 15 is 0 Å². The molecule has 22 heavy (non-hydrogen) atoms. The summed E-state index contributed by atoms with van der Waals surface area (Å²) in [5.41, 5.74) is 2.34. The van der Waals surface area contributed by atoms with Crippen LogP contribution in [0.3, 0.4) is 0 Å². The van der Waals surface area contributed by atoms with Gasteiger partial charge >= 0.3 is 0 Å². The first-order valence-corrected chi connectivity index (χ1v) is 9.43. The van der Waals surface area contributed by atoms with Crippen molar-refractivity contribution in [1.82, 2.24) is 4.90 Å². The lowest BCUT2D eigenvalue weighted by molar-refractivity contribution is 0.457. The van der Waals surface area contributed by atoms with Gasteiger partial charge in [-0.05, 0) is 37.2 Å². The summed E-state index contributed by atoms with van der Waals surface area (Å²) in [4.78, 5) is 1.88. The van der Waals surface area contributed by atoms with Gasteiger partial charge in [0.2, 0.25) is 0 Å². The molecule has 1 aliphatic rings. The lowest BCUT2D eigenvalue weighted by Gasteiger charge is -2.25. The third-order valence-corrected chi connectivity index (χ3v) is 7.12. The minimum Gasteiger partial charge on any atom is -0.337 e. The highest BCUT2D eigenvalue weighted by Crippen LogP contribution is 2.50. The molecule has 0 radical (unpaired) electrons. The molecule has 1 heterocycles. The number of thioether (sulfide) groups is 2. The minimum absolute atomic E-state index is 0.182. The van der Waals surface area contributed by atoms with Crippen molar-refractivity contribution >= 4 is 35.1 Å². The summed E-state index contributed by atoms with van der Waals surface area (Å²) in [6.07, 6.45) is 5.53. The van der Waals surface area contributed by atoms with Gasteiger partial charge in [-0.25, -0.2) is 0 Å². The molecule has 1 aliphatic heterocycles. The number of benzene rings is 1. The van der Waals surface area contributed by atoms with E-state index in [2.05, 4.69) is 24.8 Å². The van der Waals surface area contributed by atoms with Crippen LogP contribution in [0.1, 0.15) is 23.3 Å². The Hall–Kier alpha value is -1.02. The summed E-state index contributed by atoms with van der Waals surface area (Å²) in [5, 5.41) is 10.7. The zero-order valence-electron chi connectivity index (χ0n) is 12.7. The van der Waals surface area contributed by atoms with Gasteiger partial charge in [0.15, 0.2) is 0 Å². The predicted molar refractivity (Wildman–Crippen MR) is 99.0 cm³/mol. The van der Waals surface area contributed by atoms with Gasteiger partial charge in [-0.2, -0.15) is 5.26 Å². The first-order valence-electron chi connectivity index (χ1n) is 7.06. The highest BCUT2D eigenvalue weighted by atomic mass is 35.5. The molecule has 1 fully saturated rings. The molecule has 0 N–H and O–H groups in total. The van der Waals surface area contributed by atoms with E-state index in [0.717, 1.165) is 10.8 Å². The zero-order chi connectivity index (χ0) is 16.1. The van der Waals surface area contributed by atoms with Gasteiger partial charge < -0.3 is 4.90 Å². The summed E-state index contributed by atoms with van der Waals surface area (Å²) in [6, 6.07) is 8.39. The lowest BCUT2D eigenvalue weighted by atomic mass is 10.1. The van der Waals surface area contributed by atoms with E-state index in [1.54, 1.807) is 6.20 Å². The normalized spacial score (nSPS) is 22.5. The maximum absolute atomic E-state index is 9.54. The highest BCUT2D eigenvalue weighted by Gasteiger charge is 2.35. The maximum Gasteiger partial charge on any atom is 0.141 e. The number of rotatable bonds is 5. The van der Waals surface area contributed by atoms with Crippen molar-refractivity contribution in [3.63, 3.8) is 0 Å². The summed E-state index contributed by atoms with van der Waals surface area (Å²) >= 11 is 10.0. The van der Waals surface area contributed by atoms with Crippen molar-refractivity contribution in [2.45, 2.75) is 29.7 Å². The molecule has 116 valence electrons. The third kappa shape index (κ3) is 3.84. The van der Waals surface area contributed by atoms with Crippen LogP contribution in [0.25, 0.3) is 0 Å². The minimum atomic E-state index is -0.224. The summed E-state index contributed by atoms with van der Waals surface area (Å²) in [6.45, 7) is 7.79. The Morgan fingerprint density at radius 3 is 2.91 bits per heavy atom. The van der Waals surface area contributed by atoms with Crippen molar-refractivity contribution in [2.24, 2.45) is 0 Å². The van der Waals surface area contributed by atoms with Crippen LogP contribution in [-0.2, 0) is 0 Å². The van der Waals surface area contributed by atoms with Crippen molar-refractivity contribution in [3.8, 4) is 6.07 Å². The lowest BCUT2D eigenvalue weighted by Crippen LogP contribution is -2.31. The molecule has 2 rings (SSSR count). The van der Waals surface area contributed by atoms with E-state index in [0.29, 0.717) is 5.25 Å². The number of nitriles is 1. The Bertz CT molecular complexity index is 609. The van der Waals surface area contributed by atoms with E-state index in [4.69, 9.17) is 11.6 Å². The molecule has 2 nitrogen and oxygen atoms in total. The van der Waals surface area contributed by atoms with Crippen LogP contribution >= 0.6 is 35.1 Å². The fourth-order valence-electron chi connectivity index (χ4n) is 2.35. The van der Waals surface area contributed by atoms with Crippen LogP contribution in [0, 0.1) is 18.3 Å². The monoisotopic (exact) mass is 350 g/mol. The molecule has 0 bridgehead atoms. The van der Waals surface area contributed by atoms with E-state index in [1.807, 2.05) is 60.6 Å². The SMILES string of the molecule is C=CN(/C=C\C)C(C#N)C1SCC(c2ccc(C)cc2Cl)S1. The van der Waals surface area contributed by atoms with Crippen molar-refractivity contribution < 1.29 is 0 Å². The van der Waals surface area contributed by atoms with E-state index in [1.165, 1.54) is 11.1 Å². The smallest absolute Gasteiger partial charge is 0.141 e. The average molecular weight is 351 g/mol. The van der Waals surface area contributed by atoms with Gasteiger partial charge in [-0.1, -0.05) is 36.4 Å². The number of hydrogen-bond acceptors (Lipinski definition) is 4. The van der Waals surface area contributed by atoms with Crippen LogP contribution in [-0.4, -0.2) is 21.3 Å². The van der Waals surface area contributed by atoms with E-state index in [9.17, 15) is 5.26 Å². The fraction of sp³-hybridized carbons (Fsp3) is 0.353. The number of allylic oxidation sites excluding steroid dienone is 1. The third-order valence-electron chi connectivity index (χ3n) is 3.46. The van der Waals surface area contributed by atoms with Crippen molar-refractivity contribution in [2.75, 3.05) is 5.75 Å². The predicted octanol–water partition coefficient (Wildman–Crippen LogP) is 5.37. The van der Waals surface area contributed by atoms with Crippen LogP contribution in [0.15, 0.2) is 43.3 Å².